The number of hydrogen-bond donors (Lipinski definition) is 3. The number of rotatable bonds is 8. The second-order valence-corrected chi connectivity index (χ2v) is 12.9. The van der Waals surface area contributed by atoms with E-state index < -0.39 is 34.7 Å². The van der Waals surface area contributed by atoms with Crippen LogP contribution in [0.4, 0.5) is 4.79 Å². The van der Waals surface area contributed by atoms with Gasteiger partial charge in [-0.2, -0.15) is 0 Å². The molecule has 1 saturated heterocycles. The molecule has 1 heterocycles. The lowest BCUT2D eigenvalue weighted by atomic mass is 9.99. The molecule has 3 N–H and O–H groups in total. The van der Waals surface area contributed by atoms with Crippen LogP contribution in [0.3, 0.4) is 0 Å². The lowest BCUT2D eigenvalue weighted by Gasteiger charge is -2.36. The van der Waals surface area contributed by atoms with Gasteiger partial charge in [-0.3, -0.25) is 0 Å². The van der Waals surface area contributed by atoms with E-state index in [9.17, 15) is 28.5 Å². The summed E-state index contributed by atoms with van der Waals surface area (Å²) < 4.78 is 29.2. The van der Waals surface area contributed by atoms with Crippen molar-refractivity contribution in [1.29, 1.82) is 0 Å². The molecule has 0 radical (unpaired) electrons. The monoisotopic (exact) mass is 641 g/mol. The fraction of sp³-hybridized carbons (Fsp3) is 0.194. The quantitative estimate of drug-likeness (QED) is 0.236. The standard InChI is InChI=1S/C31H29Cl2N3O6S/c32-27-15-14-26(17-28(27)33)43(41,42)36-20-30(39)29(16-21-4-2-1-3-5-21)34(18-22-6-10-24(37)11-7-22)31(40)35(36)19-23-8-12-25(38)13-9-23/h1-15,17,29-30,37-39H,16,18-20H2/t29-,30-/m1/s1. The molecule has 43 heavy (non-hydrogen) atoms. The molecule has 0 bridgehead atoms. The smallest absolute Gasteiger partial charge is 0.336 e. The molecule has 0 spiro atoms. The summed E-state index contributed by atoms with van der Waals surface area (Å²) in [5.41, 5.74) is 2.06. The van der Waals surface area contributed by atoms with Crippen LogP contribution in [-0.4, -0.2) is 62.8 Å². The van der Waals surface area contributed by atoms with Crippen molar-refractivity contribution < 1.29 is 28.5 Å². The SMILES string of the molecule is O=C1N(Cc2ccc(O)cc2)[C@H](Cc2ccccc2)[C@H](O)CN(S(=O)(=O)c2ccc(Cl)c(Cl)c2)N1Cc1ccc(O)cc1. The third-order valence-electron chi connectivity index (χ3n) is 7.24. The number of aliphatic hydroxyl groups excluding tert-OH is 1. The maximum absolute atomic E-state index is 14.5. The number of carbonyl (C=O) groups is 1. The second-order valence-electron chi connectivity index (χ2n) is 10.2. The fourth-order valence-corrected chi connectivity index (χ4v) is 6.81. The number of hydrogen-bond acceptors (Lipinski definition) is 6. The lowest BCUT2D eigenvalue weighted by molar-refractivity contribution is 0.0549. The summed E-state index contributed by atoms with van der Waals surface area (Å²) >= 11 is 12.2. The van der Waals surface area contributed by atoms with Crippen LogP contribution in [0, 0.1) is 0 Å². The van der Waals surface area contributed by atoms with Crippen LogP contribution in [0.2, 0.25) is 10.0 Å². The number of phenols is 2. The fourth-order valence-electron chi connectivity index (χ4n) is 4.97. The van der Waals surface area contributed by atoms with Crippen molar-refractivity contribution in [3.05, 3.63) is 124 Å². The van der Waals surface area contributed by atoms with Gasteiger partial charge in [-0.15, -0.1) is 4.41 Å². The van der Waals surface area contributed by atoms with Crippen molar-refractivity contribution in [2.75, 3.05) is 6.54 Å². The Hall–Kier alpha value is -3.80. The van der Waals surface area contributed by atoms with Crippen LogP contribution in [0.15, 0.2) is 102 Å². The molecule has 12 heteroatoms. The molecule has 2 amide bonds. The average molecular weight is 643 g/mol. The van der Waals surface area contributed by atoms with Gasteiger partial charge < -0.3 is 20.2 Å². The van der Waals surface area contributed by atoms with Crippen molar-refractivity contribution in [3.63, 3.8) is 0 Å². The third kappa shape index (κ3) is 6.90. The Labute approximate surface area is 259 Å². The Morgan fingerprint density at radius 1 is 0.744 bits per heavy atom. The van der Waals surface area contributed by atoms with Gasteiger partial charge in [0.2, 0.25) is 0 Å². The zero-order chi connectivity index (χ0) is 30.7. The first-order valence-electron chi connectivity index (χ1n) is 13.4. The zero-order valence-electron chi connectivity index (χ0n) is 22.8. The molecule has 1 aliphatic rings. The summed E-state index contributed by atoms with van der Waals surface area (Å²) in [5, 5.41) is 32.5. The van der Waals surface area contributed by atoms with Crippen LogP contribution < -0.4 is 0 Å². The number of urea groups is 1. The molecular weight excluding hydrogens is 613 g/mol. The van der Waals surface area contributed by atoms with E-state index in [-0.39, 0.29) is 46.0 Å². The van der Waals surface area contributed by atoms with Crippen molar-refractivity contribution in [2.45, 2.75) is 36.6 Å². The van der Waals surface area contributed by atoms with Crippen molar-refractivity contribution in [2.24, 2.45) is 0 Å². The van der Waals surface area contributed by atoms with Crippen LogP contribution in [-0.2, 0) is 29.5 Å². The number of sulfonamides is 1. The third-order valence-corrected chi connectivity index (χ3v) is 9.73. The molecule has 5 rings (SSSR count). The normalized spacial score (nSPS) is 18.1. The van der Waals surface area contributed by atoms with Crippen LogP contribution >= 0.6 is 23.2 Å². The van der Waals surface area contributed by atoms with Gasteiger partial charge in [-0.1, -0.05) is 77.8 Å². The summed E-state index contributed by atoms with van der Waals surface area (Å²) in [4.78, 5) is 15.8. The molecule has 1 fully saturated rings. The Balaban J connectivity index is 1.63. The van der Waals surface area contributed by atoms with Gasteiger partial charge in [0.15, 0.2) is 0 Å². The van der Waals surface area contributed by atoms with Crippen LogP contribution in [0.25, 0.3) is 0 Å². The van der Waals surface area contributed by atoms with E-state index in [4.69, 9.17) is 23.2 Å². The number of benzene rings is 4. The number of hydrazine groups is 1. The van der Waals surface area contributed by atoms with E-state index >= 15 is 0 Å². The minimum Gasteiger partial charge on any atom is -0.508 e. The first kappa shape index (κ1) is 30.7. The van der Waals surface area contributed by atoms with Gasteiger partial charge >= 0.3 is 6.03 Å². The lowest BCUT2D eigenvalue weighted by Crippen LogP contribution is -2.52. The highest BCUT2D eigenvalue weighted by molar-refractivity contribution is 7.89. The van der Waals surface area contributed by atoms with Crippen molar-refractivity contribution in [1.82, 2.24) is 14.3 Å². The van der Waals surface area contributed by atoms with Crippen LogP contribution in [0.5, 0.6) is 11.5 Å². The van der Waals surface area contributed by atoms with Gasteiger partial charge in [0.25, 0.3) is 10.0 Å². The van der Waals surface area contributed by atoms with Crippen molar-refractivity contribution in [3.8, 4) is 11.5 Å². The van der Waals surface area contributed by atoms with E-state index in [1.54, 1.807) is 24.3 Å². The average Bonchev–Trinajstić information content (AvgIpc) is 3.08. The van der Waals surface area contributed by atoms with Crippen molar-refractivity contribution >= 4 is 39.3 Å². The Morgan fingerprint density at radius 3 is 1.91 bits per heavy atom. The molecule has 9 nitrogen and oxygen atoms in total. The molecular formula is C31H29Cl2N3O6S. The van der Waals surface area contributed by atoms with E-state index in [1.807, 2.05) is 30.3 Å². The number of halogens is 2. The highest BCUT2D eigenvalue weighted by Gasteiger charge is 2.45. The van der Waals surface area contributed by atoms with E-state index in [1.165, 1.54) is 47.4 Å². The number of nitrogens with zero attached hydrogens (tertiary/aromatic N) is 3. The van der Waals surface area contributed by atoms with Gasteiger partial charge in [-0.05, 0) is 65.6 Å². The predicted octanol–water partition coefficient (Wildman–Crippen LogP) is 5.42. The van der Waals surface area contributed by atoms with E-state index in [0.29, 0.717) is 11.1 Å². The second kappa shape index (κ2) is 12.8. The molecule has 0 unspecified atom stereocenters. The van der Waals surface area contributed by atoms with Gasteiger partial charge in [0, 0.05) is 6.54 Å². The molecule has 2 atom stereocenters. The number of aromatic hydroxyl groups is 2. The largest absolute Gasteiger partial charge is 0.508 e. The summed E-state index contributed by atoms with van der Waals surface area (Å²) in [6, 6.07) is 24.0. The number of amides is 2. The maximum atomic E-state index is 14.5. The van der Waals surface area contributed by atoms with Crippen LogP contribution in [0.1, 0.15) is 16.7 Å². The minimum absolute atomic E-state index is 0.0125. The first-order chi connectivity index (χ1) is 20.5. The summed E-state index contributed by atoms with van der Waals surface area (Å²) in [6.07, 6.45) is -1.05. The zero-order valence-corrected chi connectivity index (χ0v) is 25.1. The first-order valence-corrected chi connectivity index (χ1v) is 15.6. The highest BCUT2D eigenvalue weighted by Crippen LogP contribution is 2.32. The van der Waals surface area contributed by atoms with E-state index in [2.05, 4.69) is 0 Å². The molecule has 0 aliphatic carbocycles. The molecule has 0 aromatic heterocycles. The van der Waals surface area contributed by atoms with E-state index in [0.717, 1.165) is 15.0 Å². The Kier molecular flexibility index (Phi) is 9.14. The predicted molar refractivity (Wildman–Crippen MR) is 163 cm³/mol. The summed E-state index contributed by atoms with van der Waals surface area (Å²) in [6.45, 7) is -0.590. The minimum atomic E-state index is -4.44. The van der Waals surface area contributed by atoms with Gasteiger partial charge in [0.05, 0.1) is 40.2 Å². The maximum Gasteiger partial charge on any atom is 0.336 e. The molecule has 1 aliphatic heterocycles. The number of phenolic OH excluding ortho intramolecular Hbond substituents is 2. The molecule has 4 aromatic carbocycles. The number of carbonyl (C=O) groups excluding carboxylic acids is 1. The summed E-state index contributed by atoms with van der Waals surface area (Å²) in [7, 11) is -4.44. The van der Waals surface area contributed by atoms with Gasteiger partial charge in [0.1, 0.15) is 11.5 Å². The number of aliphatic hydroxyl groups is 1. The molecule has 0 saturated carbocycles. The highest BCUT2D eigenvalue weighted by atomic mass is 35.5. The Morgan fingerprint density at radius 2 is 1.33 bits per heavy atom. The number of β-amino-alcohol motifs (C(OH)–C–C–N with tert-alkyl or cyclic N) is 1. The topological polar surface area (TPSA) is 122 Å². The Bertz CT molecular complexity index is 1690. The molecule has 4 aromatic rings. The molecule has 224 valence electrons. The summed E-state index contributed by atoms with van der Waals surface area (Å²) in [5.74, 6) is 0.0678. The van der Waals surface area contributed by atoms with Gasteiger partial charge in [-0.25, -0.2) is 18.2 Å².